The van der Waals surface area contributed by atoms with E-state index in [4.69, 9.17) is 4.74 Å². The number of aryl methyl sites for hydroxylation is 2. The molecule has 6 heteroatoms. The molecular formula is C10H18N4O2. The number of ether oxygens (including phenoxy) is 1. The van der Waals surface area contributed by atoms with Crippen molar-refractivity contribution in [3.8, 4) is 0 Å². The normalized spacial score (nSPS) is 10.2. The van der Waals surface area contributed by atoms with Gasteiger partial charge in [-0.1, -0.05) is 0 Å². The van der Waals surface area contributed by atoms with E-state index in [1.807, 2.05) is 20.0 Å². The van der Waals surface area contributed by atoms with E-state index >= 15 is 0 Å². The zero-order chi connectivity index (χ0) is 12.0. The maximum Gasteiger partial charge on any atom is 0.320 e. The molecule has 0 unspecified atom stereocenters. The minimum Gasteiger partial charge on any atom is -0.385 e. The average molecular weight is 226 g/mol. The topological polar surface area (TPSA) is 68.2 Å². The number of rotatable bonds is 5. The number of hydrogen-bond donors (Lipinski definition) is 2. The summed E-state index contributed by atoms with van der Waals surface area (Å²) in [4.78, 5) is 11.4. The van der Waals surface area contributed by atoms with Gasteiger partial charge in [0.05, 0.1) is 0 Å². The number of hydrogen-bond acceptors (Lipinski definition) is 3. The standard InChI is InChI=1S/C10H18N4O2/c1-8-7-9(13-14(8)2)12-10(15)11-5-4-6-16-3/h7H,4-6H2,1-3H3,(H2,11,12,13,15). The summed E-state index contributed by atoms with van der Waals surface area (Å²) in [6.45, 7) is 3.16. The van der Waals surface area contributed by atoms with Crippen LogP contribution in [0.1, 0.15) is 12.1 Å². The molecule has 0 saturated heterocycles. The third kappa shape index (κ3) is 3.90. The van der Waals surface area contributed by atoms with Crippen molar-refractivity contribution in [1.29, 1.82) is 0 Å². The van der Waals surface area contributed by atoms with Gasteiger partial charge in [0.2, 0.25) is 0 Å². The van der Waals surface area contributed by atoms with E-state index in [1.54, 1.807) is 11.8 Å². The second-order valence-corrected chi connectivity index (χ2v) is 3.52. The van der Waals surface area contributed by atoms with Crippen LogP contribution < -0.4 is 10.6 Å². The number of urea groups is 1. The monoisotopic (exact) mass is 226 g/mol. The Morgan fingerprint density at radius 3 is 2.94 bits per heavy atom. The van der Waals surface area contributed by atoms with Crippen LogP contribution in [-0.2, 0) is 11.8 Å². The van der Waals surface area contributed by atoms with Gasteiger partial charge in [0, 0.05) is 39.1 Å². The summed E-state index contributed by atoms with van der Waals surface area (Å²) in [5.74, 6) is 0.559. The molecule has 0 spiro atoms. The number of carbonyl (C=O) groups excluding carboxylic acids is 1. The van der Waals surface area contributed by atoms with Crippen molar-refractivity contribution in [2.75, 3.05) is 25.6 Å². The lowest BCUT2D eigenvalue weighted by Crippen LogP contribution is -2.30. The Kier molecular flexibility index (Phi) is 4.78. The zero-order valence-corrected chi connectivity index (χ0v) is 9.91. The van der Waals surface area contributed by atoms with Gasteiger partial charge in [-0.3, -0.25) is 10.00 Å². The van der Waals surface area contributed by atoms with Gasteiger partial charge in [-0.2, -0.15) is 5.10 Å². The molecule has 0 saturated carbocycles. The minimum atomic E-state index is -0.241. The molecule has 2 amide bonds. The van der Waals surface area contributed by atoms with Gasteiger partial charge >= 0.3 is 6.03 Å². The molecule has 1 aromatic heterocycles. The number of carbonyl (C=O) groups is 1. The van der Waals surface area contributed by atoms with E-state index in [9.17, 15) is 4.79 Å². The quantitative estimate of drug-likeness (QED) is 0.732. The molecule has 0 radical (unpaired) electrons. The first-order chi connectivity index (χ1) is 7.63. The molecule has 1 heterocycles. The summed E-state index contributed by atoms with van der Waals surface area (Å²) >= 11 is 0. The molecule has 0 aliphatic rings. The van der Waals surface area contributed by atoms with Gasteiger partial charge in [0.15, 0.2) is 5.82 Å². The van der Waals surface area contributed by atoms with Crippen molar-refractivity contribution in [3.05, 3.63) is 11.8 Å². The maximum atomic E-state index is 11.4. The van der Waals surface area contributed by atoms with Crippen LogP contribution in [0.25, 0.3) is 0 Å². The number of nitrogens with one attached hydrogen (secondary N) is 2. The van der Waals surface area contributed by atoms with E-state index in [1.165, 1.54) is 0 Å². The molecule has 0 bridgehead atoms. The van der Waals surface area contributed by atoms with Crippen LogP contribution in [0.4, 0.5) is 10.6 Å². The van der Waals surface area contributed by atoms with Crippen LogP contribution in [-0.4, -0.2) is 36.1 Å². The molecule has 0 aromatic carbocycles. The van der Waals surface area contributed by atoms with E-state index in [0.29, 0.717) is 19.0 Å². The predicted octanol–water partition coefficient (Wildman–Crippen LogP) is 0.887. The summed E-state index contributed by atoms with van der Waals surface area (Å²) in [6, 6.07) is 1.57. The smallest absolute Gasteiger partial charge is 0.320 e. The van der Waals surface area contributed by atoms with Crippen molar-refractivity contribution >= 4 is 11.8 Å². The summed E-state index contributed by atoms with van der Waals surface area (Å²) in [6.07, 6.45) is 0.797. The first-order valence-corrected chi connectivity index (χ1v) is 5.18. The third-order valence-corrected chi connectivity index (χ3v) is 2.17. The van der Waals surface area contributed by atoms with Crippen LogP contribution in [0.2, 0.25) is 0 Å². The summed E-state index contributed by atoms with van der Waals surface area (Å²) < 4.78 is 6.58. The number of amides is 2. The zero-order valence-electron chi connectivity index (χ0n) is 9.91. The molecule has 2 N–H and O–H groups in total. The highest BCUT2D eigenvalue weighted by molar-refractivity contribution is 5.88. The number of methoxy groups -OCH3 is 1. The Morgan fingerprint density at radius 1 is 1.62 bits per heavy atom. The van der Waals surface area contributed by atoms with Crippen LogP contribution in [0.15, 0.2) is 6.07 Å². The lowest BCUT2D eigenvalue weighted by Gasteiger charge is -2.04. The first kappa shape index (κ1) is 12.5. The van der Waals surface area contributed by atoms with E-state index in [0.717, 1.165) is 12.1 Å². The largest absolute Gasteiger partial charge is 0.385 e. The Hall–Kier alpha value is -1.56. The number of nitrogens with zero attached hydrogens (tertiary/aromatic N) is 2. The predicted molar refractivity (Wildman–Crippen MR) is 61.5 cm³/mol. The molecule has 0 atom stereocenters. The van der Waals surface area contributed by atoms with Gasteiger partial charge < -0.3 is 10.1 Å². The van der Waals surface area contributed by atoms with Crippen LogP contribution in [0.3, 0.4) is 0 Å². The van der Waals surface area contributed by atoms with Crippen LogP contribution in [0.5, 0.6) is 0 Å². The molecule has 1 rings (SSSR count). The summed E-state index contributed by atoms with van der Waals surface area (Å²) in [7, 11) is 3.47. The van der Waals surface area contributed by atoms with Gasteiger partial charge in [-0.05, 0) is 13.3 Å². The Balaban J connectivity index is 2.28. The van der Waals surface area contributed by atoms with Gasteiger partial charge in [0.1, 0.15) is 0 Å². The highest BCUT2D eigenvalue weighted by Gasteiger charge is 2.04. The van der Waals surface area contributed by atoms with Gasteiger partial charge in [-0.25, -0.2) is 4.79 Å². The Labute approximate surface area is 95.0 Å². The first-order valence-electron chi connectivity index (χ1n) is 5.18. The summed E-state index contributed by atoms with van der Waals surface area (Å²) in [5.41, 5.74) is 0.995. The van der Waals surface area contributed by atoms with Crippen LogP contribution >= 0.6 is 0 Å². The average Bonchev–Trinajstić information content (AvgIpc) is 2.53. The van der Waals surface area contributed by atoms with E-state index in [-0.39, 0.29) is 6.03 Å². The maximum absolute atomic E-state index is 11.4. The van der Waals surface area contributed by atoms with Crippen molar-refractivity contribution < 1.29 is 9.53 Å². The lowest BCUT2D eigenvalue weighted by atomic mass is 10.4. The Morgan fingerprint density at radius 2 is 2.38 bits per heavy atom. The second-order valence-electron chi connectivity index (χ2n) is 3.52. The lowest BCUT2D eigenvalue weighted by molar-refractivity contribution is 0.194. The molecule has 1 aromatic rings. The van der Waals surface area contributed by atoms with Crippen molar-refractivity contribution in [3.63, 3.8) is 0 Å². The van der Waals surface area contributed by atoms with Crippen molar-refractivity contribution in [2.45, 2.75) is 13.3 Å². The Bertz CT molecular complexity index is 329. The highest BCUT2D eigenvalue weighted by Crippen LogP contribution is 2.05. The van der Waals surface area contributed by atoms with E-state index < -0.39 is 0 Å². The molecule has 16 heavy (non-hydrogen) atoms. The third-order valence-electron chi connectivity index (χ3n) is 2.17. The molecule has 90 valence electrons. The minimum absolute atomic E-state index is 0.241. The molecule has 0 aliphatic carbocycles. The number of aromatic nitrogens is 2. The SMILES string of the molecule is COCCCNC(=O)Nc1cc(C)n(C)n1. The van der Waals surface area contributed by atoms with Gasteiger partial charge in [-0.15, -0.1) is 0 Å². The summed E-state index contributed by atoms with van der Waals surface area (Å²) in [5, 5.41) is 9.49. The fraction of sp³-hybridized carbons (Fsp3) is 0.600. The van der Waals surface area contributed by atoms with Crippen LogP contribution in [0, 0.1) is 6.92 Å². The van der Waals surface area contributed by atoms with Crippen molar-refractivity contribution in [2.24, 2.45) is 7.05 Å². The second kappa shape index (κ2) is 6.12. The van der Waals surface area contributed by atoms with Crippen molar-refractivity contribution in [1.82, 2.24) is 15.1 Å². The van der Waals surface area contributed by atoms with E-state index in [2.05, 4.69) is 15.7 Å². The molecule has 0 fully saturated rings. The highest BCUT2D eigenvalue weighted by atomic mass is 16.5. The molecule has 6 nitrogen and oxygen atoms in total. The van der Waals surface area contributed by atoms with Gasteiger partial charge in [0.25, 0.3) is 0 Å². The fourth-order valence-electron chi connectivity index (χ4n) is 1.20. The molecule has 0 aliphatic heterocycles. The molecular weight excluding hydrogens is 208 g/mol. The number of anilines is 1. The fourth-order valence-corrected chi connectivity index (χ4v) is 1.20.